The van der Waals surface area contributed by atoms with Gasteiger partial charge < -0.3 is 0 Å². The predicted molar refractivity (Wildman–Crippen MR) is 55.4 cm³/mol. The Morgan fingerprint density at radius 3 is 2.40 bits per heavy atom. The van der Waals surface area contributed by atoms with Gasteiger partial charge >= 0.3 is 6.18 Å². The molecule has 0 radical (unpaired) electrons. The lowest BCUT2D eigenvalue weighted by Crippen LogP contribution is -2.02. The number of alkyl halides is 3. The number of fused-ring (bicyclic) bond motifs is 1. The summed E-state index contributed by atoms with van der Waals surface area (Å²) in [5.74, 6) is 0. The minimum Gasteiger partial charge on any atom is -0.165 e. The van der Waals surface area contributed by atoms with Gasteiger partial charge in [0.2, 0.25) is 0 Å². The SMILES string of the molecule is Cc1cc2ccc(C(F)(F)F)sc-2c1C. The third-order valence-corrected chi connectivity index (χ3v) is 3.81. The van der Waals surface area contributed by atoms with Crippen molar-refractivity contribution in [2.75, 3.05) is 0 Å². The molecule has 0 fully saturated rings. The number of halogens is 3. The Hall–Kier alpha value is -1.03. The van der Waals surface area contributed by atoms with Crippen LogP contribution in [0.25, 0.3) is 10.4 Å². The second-order valence-corrected chi connectivity index (χ2v) is 4.59. The molecular weight excluding hydrogens is 221 g/mol. The Morgan fingerprint density at radius 1 is 1.13 bits per heavy atom. The highest BCUT2D eigenvalue weighted by molar-refractivity contribution is 7.15. The van der Waals surface area contributed by atoms with Gasteiger partial charge in [0, 0.05) is 4.88 Å². The number of hydrogen-bond donors (Lipinski definition) is 0. The number of hydrogen-bond acceptors (Lipinski definition) is 1. The fourth-order valence-corrected chi connectivity index (χ4v) is 2.55. The average Bonchev–Trinajstić information content (AvgIpc) is 2.41. The van der Waals surface area contributed by atoms with Crippen molar-refractivity contribution >= 4 is 11.3 Å². The molecule has 0 bridgehead atoms. The third-order valence-electron chi connectivity index (χ3n) is 2.47. The Kier molecular flexibility index (Phi) is 2.26. The largest absolute Gasteiger partial charge is 0.425 e. The molecule has 2 rings (SSSR count). The molecule has 0 spiro atoms. The van der Waals surface area contributed by atoms with Gasteiger partial charge in [-0.05, 0) is 36.6 Å². The molecule has 0 amide bonds. The van der Waals surface area contributed by atoms with Crippen LogP contribution in [0.5, 0.6) is 0 Å². The molecule has 2 aliphatic rings. The molecule has 0 nitrogen and oxygen atoms in total. The molecule has 0 aromatic heterocycles. The molecule has 0 aromatic rings. The molecule has 1 aliphatic heterocycles. The van der Waals surface area contributed by atoms with Gasteiger partial charge in [-0.3, -0.25) is 0 Å². The first-order valence-electron chi connectivity index (χ1n) is 4.46. The summed E-state index contributed by atoms with van der Waals surface area (Å²) in [5.41, 5.74) is 2.88. The summed E-state index contributed by atoms with van der Waals surface area (Å²) in [6.45, 7) is 3.77. The molecule has 1 aliphatic carbocycles. The van der Waals surface area contributed by atoms with Crippen molar-refractivity contribution < 1.29 is 13.2 Å². The van der Waals surface area contributed by atoms with Crippen molar-refractivity contribution in [3.63, 3.8) is 0 Å². The first-order chi connectivity index (χ1) is 6.89. The van der Waals surface area contributed by atoms with Crippen LogP contribution in [0.3, 0.4) is 0 Å². The van der Waals surface area contributed by atoms with E-state index in [1.54, 1.807) is 0 Å². The van der Waals surface area contributed by atoms with E-state index in [0.29, 0.717) is 0 Å². The molecule has 0 saturated heterocycles. The lowest BCUT2D eigenvalue weighted by Gasteiger charge is -2.08. The molecule has 1 heterocycles. The predicted octanol–water partition coefficient (Wildman–Crippen LogP) is 4.49. The Morgan fingerprint density at radius 2 is 1.80 bits per heavy atom. The summed E-state index contributed by atoms with van der Waals surface area (Å²) in [4.78, 5) is 0.200. The Bertz CT molecular complexity index is 464. The lowest BCUT2D eigenvalue weighted by atomic mass is 10.2. The molecular formula is C11H9F3S. The quantitative estimate of drug-likeness (QED) is 0.625. The monoisotopic (exact) mass is 230 g/mol. The van der Waals surface area contributed by atoms with E-state index in [-0.39, 0.29) is 0 Å². The van der Waals surface area contributed by atoms with Gasteiger partial charge in [-0.25, -0.2) is 0 Å². The van der Waals surface area contributed by atoms with Crippen molar-refractivity contribution in [1.82, 2.24) is 0 Å². The van der Waals surface area contributed by atoms with E-state index in [1.165, 1.54) is 6.07 Å². The van der Waals surface area contributed by atoms with Crippen LogP contribution >= 0.6 is 11.3 Å². The van der Waals surface area contributed by atoms with E-state index in [9.17, 15) is 13.2 Å². The van der Waals surface area contributed by atoms with Crippen molar-refractivity contribution in [1.29, 1.82) is 0 Å². The maximum absolute atomic E-state index is 12.5. The Labute approximate surface area is 89.7 Å². The number of rotatable bonds is 0. The Balaban J connectivity index is 2.65. The molecule has 15 heavy (non-hydrogen) atoms. The van der Waals surface area contributed by atoms with Crippen LogP contribution in [0, 0.1) is 13.8 Å². The zero-order valence-electron chi connectivity index (χ0n) is 8.27. The topological polar surface area (TPSA) is 0 Å². The maximum atomic E-state index is 12.5. The third kappa shape index (κ3) is 1.74. The van der Waals surface area contributed by atoms with Gasteiger partial charge in [-0.1, -0.05) is 12.1 Å². The van der Waals surface area contributed by atoms with Crippen LogP contribution in [0.4, 0.5) is 13.2 Å². The van der Waals surface area contributed by atoms with Crippen LogP contribution in [0.2, 0.25) is 0 Å². The van der Waals surface area contributed by atoms with Gasteiger partial charge in [-0.2, -0.15) is 13.2 Å². The molecule has 0 saturated carbocycles. The van der Waals surface area contributed by atoms with Crippen molar-refractivity contribution in [2.45, 2.75) is 20.0 Å². The second kappa shape index (κ2) is 3.23. The van der Waals surface area contributed by atoms with Crippen LogP contribution < -0.4 is 0 Å². The van der Waals surface area contributed by atoms with Gasteiger partial charge in [0.1, 0.15) is 4.88 Å². The number of aryl methyl sites for hydroxylation is 1. The van der Waals surface area contributed by atoms with Crippen molar-refractivity contribution in [2.24, 2.45) is 0 Å². The minimum atomic E-state index is -4.24. The summed E-state index contributed by atoms with van der Waals surface area (Å²) in [6.07, 6.45) is -4.24. The van der Waals surface area contributed by atoms with Crippen LogP contribution in [0.1, 0.15) is 16.0 Å². The minimum absolute atomic E-state index is 0.538. The van der Waals surface area contributed by atoms with Gasteiger partial charge in [-0.15, -0.1) is 11.3 Å². The van der Waals surface area contributed by atoms with Gasteiger partial charge in [0.05, 0.1) is 0 Å². The average molecular weight is 230 g/mol. The first kappa shape index (κ1) is 10.5. The first-order valence-corrected chi connectivity index (χ1v) is 5.28. The molecule has 4 heteroatoms. The summed E-state index contributed by atoms with van der Waals surface area (Å²) in [6, 6.07) is 4.60. The summed E-state index contributed by atoms with van der Waals surface area (Å²) in [5, 5.41) is 0. The molecule has 0 atom stereocenters. The molecule has 0 N–H and O–H groups in total. The fraction of sp³-hybridized carbons (Fsp3) is 0.273. The van der Waals surface area contributed by atoms with E-state index in [1.807, 2.05) is 19.9 Å². The van der Waals surface area contributed by atoms with E-state index in [4.69, 9.17) is 0 Å². The summed E-state index contributed by atoms with van der Waals surface area (Å²) < 4.78 is 37.4. The summed E-state index contributed by atoms with van der Waals surface area (Å²) >= 11 is 0.816. The highest BCUT2D eigenvalue weighted by Crippen LogP contribution is 2.41. The highest BCUT2D eigenvalue weighted by Gasteiger charge is 2.32. The normalized spacial score (nSPS) is 12.3. The van der Waals surface area contributed by atoms with E-state index in [0.717, 1.165) is 39.0 Å². The summed E-state index contributed by atoms with van der Waals surface area (Å²) in [7, 11) is 0. The zero-order valence-corrected chi connectivity index (χ0v) is 9.09. The second-order valence-electron chi connectivity index (χ2n) is 3.53. The molecule has 80 valence electrons. The van der Waals surface area contributed by atoms with Crippen molar-refractivity contribution in [3.05, 3.63) is 34.2 Å². The van der Waals surface area contributed by atoms with Crippen LogP contribution in [-0.4, -0.2) is 0 Å². The van der Waals surface area contributed by atoms with E-state index in [2.05, 4.69) is 0 Å². The highest BCUT2D eigenvalue weighted by atomic mass is 32.1. The fourth-order valence-electron chi connectivity index (χ4n) is 1.52. The van der Waals surface area contributed by atoms with Gasteiger partial charge in [0.25, 0.3) is 0 Å². The molecule has 0 unspecified atom stereocenters. The lowest BCUT2D eigenvalue weighted by molar-refractivity contribution is -0.134. The van der Waals surface area contributed by atoms with E-state index < -0.39 is 11.1 Å². The molecule has 0 aromatic carbocycles. The smallest absolute Gasteiger partial charge is 0.165 e. The zero-order chi connectivity index (χ0) is 11.2. The standard InChI is InChI=1S/C11H9F3S/c1-6-5-8-3-4-9(11(12,13)14)15-10(8)7(6)2/h3-5H,1-2H3. The maximum Gasteiger partial charge on any atom is 0.425 e. The van der Waals surface area contributed by atoms with Crippen LogP contribution in [-0.2, 0) is 6.18 Å². The van der Waals surface area contributed by atoms with Gasteiger partial charge in [0.15, 0.2) is 0 Å². The van der Waals surface area contributed by atoms with Crippen molar-refractivity contribution in [3.8, 4) is 10.4 Å². The van der Waals surface area contributed by atoms with Crippen LogP contribution in [0.15, 0.2) is 18.2 Å². The van der Waals surface area contributed by atoms with E-state index >= 15 is 0 Å².